The number of cyclic esters (lactones) is 1. The highest BCUT2D eigenvalue weighted by atomic mass is 35.5. The Labute approximate surface area is 150 Å². The Balaban J connectivity index is 1.85. The van der Waals surface area contributed by atoms with E-state index < -0.39 is 18.2 Å². The largest absolute Gasteiger partial charge is 0.415 e. The second-order valence-electron chi connectivity index (χ2n) is 5.63. The molecule has 0 aromatic heterocycles. The Morgan fingerprint density at radius 3 is 2.36 bits per heavy atom. The Kier molecular flexibility index (Phi) is 4.76. The lowest BCUT2D eigenvalue weighted by molar-refractivity contribution is -0.152. The number of benzene rings is 2. The molecule has 1 aliphatic rings. The third-order valence-electron chi connectivity index (χ3n) is 3.83. The van der Waals surface area contributed by atoms with Crippen molar-refractivity contribution >= 4 is 29.2 Å². The lowest BCUT2D eigenvalue weighted by atomic mass is 10.1. The summed E-state index contributed by atoms with van der Waals surface area (Å²) >= 11 is 6.06. The second-order valence-corrected chi connectivity index (χ2v) is 6.01. The number of anilines is 1. The third kappa shape index (κ3) is 3.51. The van der Waals surface area contributed by atoms with E-state index in [1.54, 1.807) is 30.3 Å². The van der Waals surface area contributed by atoms with Gasteiger partial charge in [0, 0.05) is 5.69 Å². The minimum Gasteiger partial charge on any atom is -0.415 e. The molecule has 0 aliphatic carbocycles. The molecule has 5 nitrogen and oxygen atoms in total. The van der Waals surface area contributed by atoms with Crippen molar-refractivity contribution in [1.82, 2.24) is 0 Å². The predicted octanol–water partition coefficient (Wildman–Crippen LogP) is 3.91. The fraction of sp³-hybridized carbons (Fsp3) is 0.158. The lowest BCUT2D eigenvalue weighted by Gasteiger charge is -2.18. The Morgan fingerprint density at radius 2 is 1.72 bits per heavy atom. The van der Waals surface area contributed by atoms with E-state index in [1.165, 1.54) is 0 Å². The normalized spacial score (nSPS) is 16.6. The van der Waals surface area contributed by atoms with E-state index in [0.29, 0.717) is 5.56 Å². The van der Waals surface area contributed by atoms with Crippen molar-refractivity contribution < 1.29 is 19.1 Å². The molecule has 1 aliphatic heterocycles. The smallest absolute Gasteiger partial charge is 0.355 e. The van der Waals surface area contributed by atoms with Crippen LogP contribution in [0.5, 0.6) is 0 Å². The molecule has 0 unspecified atom stereocenters. The van der Waals surface area contributed by atoms with E-state index in [2.05, 4.69) is 5.32 Å². The van der Waals surface area contributed by atoms with Gasteiger partial charge >= 0.3 is 11.9 Å². The lowest BCUT2D eigenvalue weighted by Crippen LogP contribution is -2.24. The molecule has 2 aromatic rings. The zero-order valence-corrected chi connectivity index (χ0v) is 14.5. The van der Waals surface area contributed by atoms with Crippen LogP contribution in [0.1, 0.15) is 21.5 Å². The molecule has 0 amide bonds. The summed E-state index contributed by atoms with van der Waals surface area (Å²) in [6.45, 7) is 3.85. The monoisotopic (exact) mass is 357 g/mol. The highest BCUT2D eigenvalue weighted by Crippen LogP contribution is 2.31. The van der Waals surface area contributed by atoms with Gasteiger partial charge < -0.3 is 14.8 Å². The zero-order valence-electron chi connectivity index (χ0n) is 13.7. The maximum Gasteiger partial charge on any atom is 0.355 e. The molecule has 25 heavy (non-hydrogen) atoms. The molecular weight excluding hydrogens is 342 g/mol. The molecule has 1 atom stereocenters. The first kappa shape index (κ1) is 17.0. The van der Waals surface area contributed by atoms with Crippen molar-refractivity contribution in [2.24, 2.45) is 0 Å². The van der Waals surface area contributed by atoms with Gasteiger partial charge in [-0.3, -0.25) is 0 Å². The Morgan fingerprint density at radius 1 is 1.08 bits per heavy atom. The van der Waals surface area contributed by atoms with Crippen LogP contribution in [0.15, 0.2) is 59.3 Å². The van der Waals surface area contributed by atoms with Crippen LogP contribution >= 0.6 is 11.6 Å². The predicted molar refractivity (Wildman–Crippen MR) is 94.2 cm³/mol. The van der Waals surface area contributed by atoms with Crippen LogP contribution in [0.25, 0.3) is 0 Å². The SMILES string of the molecule is Cc1cccc(C)c1NC1=C(Cl)C(=O)O[C@H]1OC(=O)c1ccccc1. The highest BCUT2D eigenvalue weighted by molar-refractivity contribution is 6.42. The average molecular weight is 358 g/mol. The minimum atomic E-state index is -1.22. The number of rotatable bonds is 4. The van der Waals surface area contributed by atoms with Crippen molar-refractivity contribution in [3.8, 4) is 0 Å². The van der Waals surface area contributed by atoms with E-state index in [9.17, 15) is 9.59 Å². The summed E-state index contributed by atoms with van der Waals surface area (Å²) in [5.74, 6) is -1.34. The van der Waals surface area contributed by atoms with Gasteiger partial charge in [-0.05, 0) is 37.1 Å². The molecule has 0 radical (unpaired) electrons. The molecule has 0 fully saturated rings. The van der Waals surface area contributed by atoms with E-state index in [4.69, 9.17) is 21.1 Å². The van der Waals surface area contributed by atoms with Gasteiger partial charge in [0.15, 0.2) is 5.03 Å². The molecule has 0 bridgehead atoms. The number of ether oxygens (including phenoxy) is 2. The van der Waals surface area contributed by atoms with Gasteiger partial charge in [0.25, 0.3) is 6.29 Å². The summed E-state index contributed by atoms with van der Waals surface area (Å²) in [6, 6.07) is 14.2. The second kappa shape index (κ2) is 6.99. The standard InChI is InChI=1S/C19H16ClNO4/c1-11-7-6-8-12(2)15(11)21-16-14(20)18(23)25-19(16)24-17(22)13-9-4-3-5-10-13/h3-10,19,21H,1-2H3/t19-/m1/s1. The molecule has 6 heteroatoms. The van der Waals surface area contributed by atoms with Crippen molar-refractivity contribution in [2.75, 3.05) is 5.32 Å². The minimum absolute atomic E-state index is 0.131. The van der Waals surface area contributed by atoms with Crippen LogP contribution in [-0.4, -0.2) is 18.2 Å². The summed E-state index contributed by atoms with van der Waals surface area (Å²) in [5.41, 5.74) is 3.28. The third-order valence-corrected chi connectivity index (χ3v) is 4.19. The van der Waals surface area contributed by atoms with Crippen LogP contribution < -0.4 is 5.32 Å². The molecule has 2 aromatic carbocycles. The van der Waals surface area contributed by atoms with Gasteiger partial charge in [0.1, 0.15) is 5.70 Å². The number of esters is 2. The number of carbonyl (C=O) groups is 2. The summed E-state index contributed by atoms with van der Waals surface area (Å²) in [7, 11) is 0. The fourth-order valence-electron chi connectivity index (χ4n) is 2.50. The molecule has 0 saturated heterocycles. The Bertz CT molecular complexity index is 841. The summed E-state index contributed by atoms with van der Waals surface area (Å²) < 4.78 is 10.4. The molecule has 0 spiro atoms. The van der Waals surface area contributed by atoms with Gasteiger partial charge in [-0.1, -0.05) is 48.0 Å². The van der Waals surface area contributed by atoms with Crippen LogP contribution in [0, 0.1) is 13.8 Å². The number of hydrogen-bond donors (Lipinski definition) is 1. The van der Waals surface area contributed by atoms with Crippen molar-refractivity contribution in [1.29, 1.82) is 0 Å². The quantitative estimate of drug-likeness (QED) is 0.840. The summed E-state index contributed by atoms with van der Waals surface area (Å²) in [5, 5.41) is 2.96. The molecule has 1 N–H and O–H groups in total. The van der Waals surface area contributed by atoms with E-state index >= 15 is 0 Å². The van der Waals surface area contributed by atoms with Gasteiger partial charge in [-0.25, -0.2) is 9.59 Å². The fourth-order valence-corrected chi connectivity index (χ4v) is 2.68. The number of para-hydroxylation sites is 1. The number of hydrogen-bond acceptors (Lipinski definition) is 5. The topological polar surface area (TPSA) is 64.6 Å². The highest BCUT2D eigenvalue weighted by Gasteiger charge is 2.37. The van der Waals surface area contributed by atoms with Gasteiger partial charge in [0.2, 0.25) is 0 Å². The van der Waals surface area contributed by atoms with Gasteiger partial charge in [-0.2, -0.15) is 0 Å². The van der Waals surface area contributed by atoms with E-state index in [1.807, 2.05) is 32.0 Å². The van der Waals surface area contributed by atoms with Crippen LogP contribution in [0.4, 0.5) is 5.69 Å². The molecule has 3 rings (SSSR count). The van der Waals surface area contributed by atoms with Crippen LogP contribution in [-0.2, 0) is 14.3 Å². The summed E-state index contributed by atoms with van der Waals surface area (Å²) in [6.07, 6.45) is -1.22. The van der Waals surface area contributed by atoms with Gasteiger partial charge in [0.05, 0.1) is 5.56 Å². The summed E-state index contributed by atoms with van der Waals surface area (Å²) in [4.78, 5) is 24.1. The molecule has 128 valence electrons. The first-order valence-electron chi connectivity index (χ1n) is 7.67. The average Bonchev–Trinajstić information content (AvgIpc) is 2.86. The van der Waals surface area contributed by atoms with Crippen LogP contribution in [0.3, 0.4) is 0 Å². The first-order valence-corrected chi connectivity index (χ1v) is 8.05. The van der Waals surface area contributed by atoms with Crippen molar-refractivity contribution in [3.05, 3.63) is 76.0 Å². The van der Waals surface area contributed by atoms with Crippen molar-refractivity contribution in [3.63, 3.8) is 0 Å². The Hall–Kier alpha value is -2.79. The number of halogens is 1. The van der Waals surface area contributed by atoms with Gasteiger partial charge in [-0.15, -0.1) is 0 Å². The number of carbonyl (C=O) groups excluding carboxylic acids is 2. The maximum absolute atomic E-state index is 12.2. The zero-order chi connectivity index (χ0) is 18.0. The number of nitrogens with one attached hydrogen (secondary N) is 1. The van der Waals surface area contributed by atoms with E-state index in [0.717, 1.165) is 16.8 Å². The molecular formula is C19H16ClNO4. The number of aryl methyl sites for hydroxylation is 2. The molecule has 1 heterocycles. The molecule has 0 saturated carbocycles. The van der Waals surface area contributed by atoms with Crippen LogP contribution in [0.2, 0.25) is 0 Å². The van der Waals surface area contributed by atoms with E-state index in [-0.39, 0.29) is 10.7 Å². The maximum atomic E-state index is 12.2. The van der Waals surface area contributed by atoms with Crippen molar-refractivity contribution in [2.45, 2.75) is 20.1 Å². The first-order chi connectivity index (χ1) is 12.0.